The van der Waals surface area contributed by atoms with Gasteiger partial charge in [0.15, 0.2) is 0 Å². The molecule has 0 heterocycles. The van der Waals surface area contributed by atoms with E-state index in [1.807, 2.05) is 24.3 Å². The molecular formula is C30H22BBr2F3I3O2-. The first-order chi connectivity index (χ1) is 19.7. The molecule has 0 radical (unpaired) electrons. The summed E-state index contributed by atoms with van der Waals surface area (Å²) in [5, 5.41) is 17.0. The first kappa shape index (κ1) is 36.2. The van der Waals surface area contributed by atoms with Crippen molar-refractivity contribution in [1.82, 2.24) is 0 Å². The molecule has 5 aromatic carbocycles. The van der Waals surface area contributed by atoms with Gasteiger partial charge in [-0.1, -0.05) is 111 Å². The Labute approximate surface area is 284 Å². The van der Waals surface area contributed by atoms with Gasteiger partial charge in [-0.2, -0.15) is 0 Å². The second-order valence-electron chi connectivity index (χ2n) is 7.92. The third kappa shape index (κ3) is 13.1. The molecule has 0 aromatic heterocycles. The fourth-order valence-electron chi connectivity index (χ4n) is 3.33. The average molecular weight is 1020 g/mol. The van der Waals surface area contributed by atoms with Crippen LogP contribution in [0.15, 0.2) is 130 Å². The molecule has 214 valence electrons. The molecule has 2 nitrogen and oxygen atoms in total. The van der Waals surface area contributed by atoms with E-state index in [0.717, 1.165) is 20.1 Å². The van der Waals surface area contributed by atoms with Crippen LogP contribution in [-0.2, 0) is 0 Å². The maximum Gasteiger partial charge on any atom is 0.491 e. The van der Waals surface area contributed by atoms with Gasteiger partial charge in [0.25, 0.3) is 0 Å². The van der Waals surface area contributed by atoms with Crippen molar-refractivity contribution in [3.05, 3.63) is 148 Å². The summed E-state index contributed by atoms with van der Waals surface area (Å²) < 4.78 is 42.1. The van der Waals surface area contributed by atoms with Gasteiger partial charge >= 0.3 is 57.6 Å². The van der Waals surface area contributed by atoms with Crippen molar-refractivity contribution in [2.24, 2.45) is 0 Å². The van der Waals surface area contributed by atoms with Gasteiger partial charge in [0.2, 0.25) is 0 Å². The third-order valence-electron chi connectivity index (χ3n) is 5.24. The van der Waals surface area contributed by atoms with Crippen molar-refractivity contribution in [2.75, 3.05) is 0 Å². The van der Waals surface area contributed by atoms with Crippen molar-refractivity contribution in [3.8, 4) is 22.3 Å². The molecule has 0 aliphatic heterocycles. The van der Waals surface area contributed by atoms with Crippen LogP contribution in [0.3, 0.4) is 0 Å². The Hall–Kier alpha value is -0.975. The predicted molar refractivity (Wildman–Crippen MR) is 183 cm³/mol. The van der Waals surface area contributed by atoms with E-state index in [9.17, 15) is 13.2 Å². The van der Waals surface area contributed by atoms with E-state index >= 15 is 0 Å². The van der Waals surface area contributed by atoms with Crippen molar-refractivity contribution >= 4 is 81.7 Å². The molecule has 2 N–H and O–H groups in total. The van der Waals surface area contributed by atoms with Gasteiger partial charge in [-0.25, -0.2) is 13.2 Å². The smallest absolute Gasteiger partial charge is 0.423 e. The molecule has 0 spiro atoms. The van der Waals surface area contributed by atoms with Crippen LogP contribution in [0.25, 0.3) is 22.3 Å². The Bertz CT molecular complexity index is 1390. The predicted octanol–water partition coefficient (Wildman–Crippen LogP) is 6.79. The van der Waals surface area contributed by atoms with Crippen LogP contribution >= 0.6 is 69.1 Å². The van der Waals surface area contributed by atoms with Crippen LogP contribution < -0.4 is 18.7 Å². The van der Waals surface area contributed by atoms with Gasteiger partial charge in [-0.3, -0.25) is 0 Å². The summed E-state index contributed by atoms with van der Waals surface area (Å²) in [5.41, 5.74) is 2.56. The largest absolute Gasteiger partial charge is 0.491 e. The summed E-state index contributed by atoms with van der Waals surface area (Å²) in [7, 11) is -1.72. The molecular weight excluding hydrogens is 1000 g/mol. The van der Waals surface area contributed by atoms with E-state index in [-0.39, 0.29) is 17.1 Å². The van der Waals surface area contributed by atoms with Crippen LogP contribution in [0.5, 0.6) is 0 Å². The topological polar surface area (TPSA) is 40.5 Å². The average Bonchev–Trinajstić information content (AvgIpc) is 2.97. The molecule has 0 aliphatic rings. The van der Waals surface area contributed by atoms with Crippen LogP contribution in [0.4, 0.5) is 13.2 Å². The molecule has 0 saturated carbocycles. The molecule has 0 amide bonds. The minimum atomic E-state index is -1.72. The third-order valence-corrected chi connectivity index (χ3v) is 6.30. The first-order valence-corrected chi connectivity index (χ1v) is 25.8. The van der Waals surface area contributed by atoms with Crippen molar-refractivity contribution in [2.45, 2.75) is 0 Å². The van der Waals surface area contributed by atoms with Crippen LogP contribution in [0, 0.1) is 17.5 Å². The minimum absolute atomic E-state index is 0.0949. The molecule has 0 unspecified atom stereocenters. The van der Waals surface area contributed by atoms with E-state index in [1.54, 1.807) is 60.7 Å². The van der Waals surface area contributed by atoms with Crippen LogP contribution in [0.2, 0.25) is 0 Å². The van der Waals surface area contributed by atoms with E-state index in [4.69, 9.17) is 10.0 Å². The Balaban J connectivity index is 0.000000233. The zero-order valence-electron chi connectivity index (χ0n) is 21.0. The molecule has 0 aliphatic carbocycles. The normalized spacial score (nSPS) is 9.78. The Morgan fingerprint density at radius 1 is 0.512 bits per heavy atom. The molecule has 0 bridgehead atoms. The van der Waals surface area contributed by atoms with E-state index < -0.39 is 12.9 Å². The Kier molecular flexibility index (Phi) is 17.7. The van der Waals surface area contributed by atoms with Crippen LogP contribution in [0.1, 0.15) is 0 Å². The standard InChI is InChI=1S/C18H12F2.C6H6BFO2.C6H4Br2.I3/c19-17-7-3-1-5-15(17)13-9-11-14(12-10-13)16-6-2-4-8-18(16)20;8-6-4-2-1-3-5(6)7(9)10;7-5-1-2-6(8)4-3-5;1-3-2/h1-12H;1-4,9-10H;1-4H;/q;;;-1. The fourth-order valence-corrected chi connectivity index (χ4v) is 3.86. The number of rotatable bonds is 3. The van der Waals surface area contributed by atoms with E-state index in [1.165, 1.54) is 36.4 Å². The summed E-state index contributed by atoms with van der Waals surface area (Å²) in [6.45, 7) is 0. The minimum Gasteiger partial charge on any atom is -0.423 e. The van der Waals surface area contributed by atoms with Crippen molar-refractivity contribution < 1.29 is 36.5 Å². The van der Waals surface area contributed by atoms with E-state index in [2.05, 4.69) is 69.1 Å². The molecule has 41 heavy (non-hydrogen) atoms. The first-order valence-electron chi connectivity index (χ1n) is 11.7. The van der Waals surface area contributed by atoms with Gasteiger partial charge < -0.3 is 10.0 Å². The zero-order chi connectivity index (χ0) is 30.2. The second-order valence-corrected chi connectivity index (χ2v) is 26.0. The van der Waals surface area contributed by atoms with Crippen LogP contribution in [-0.4, -0.2) is 17.2 Å². The number of hydrogen-bond donors (Lipinski definition) is 2. The van der Waals surface area contributed by atoms with Gasteiger partial charge in [0.05, 0.1) is 0 Å². The number of halogens is 8. The fraction of sp³-hybridized carbons (Fsp3) is 0. The van der Waals surface area contributed by atoms with Gasteiger partial charge in [-0.05, 0) is 53.6 Å². The van der Waals surface area contributed by atoms with Crippen molar-refractivity contribution in [1.29, 1.82) is 0 Å². The van der Waals surface area contributed by atoms with E-state index in [0.29, 0.717) is 24.4 Å². The Morgan fingerprint density at radius 2 is 0.829 bits per heavy atom. The maximum atomic E-state index is 13.7. The number of benzene rings is 5. The van der Waals surface area contributed by atoms with Crippen molar-refractivity contribution in [3.63, 3.8) is 0 Å². The SMILES string of the molecule is Brc1ccc(Br)cc1.Fc1ccccc1-c1ccc(-c2ccccc2F)cc1.I[I-]I.OB(O)c1ccccc1F. The Morgan fingerprint density at radius 3 is 1.12 bits per heavy atom. The molecule has 11 heteroatoms. The molecule has 5 aromatic rings. The second kappa shape index (κ2) is 20.1. The summed E-state index contributed by atoms with van der Waals surface area (Å²) in [4.78, 5) is 0. The van der Waals surface area contributed by atoms with Gasteiger partial charge in [0, 0.05) is 25.5 Å². The maximum absolute atomic E-state index is 13.7. The van der Waals surface area contributed by atoms with Gasteiger partial charge in [0.1, 0.15) is 17.5 Å². The zero-order valence-corrected chi connectivity index (χ0v) is 30.7. The molecule has 0 fully saturated rings. The summed E-state index contributed by atoms with van der Waals surface area (Å²) in [5.74, 6) is -1.12. The summed E-state index contributed by atoms with van der Waals surface area (Å²) in [6.07, 6.45) is 0. The summed E-state index contributed by atoms with van der Waals surface area (Å²) >= 11 is 11.9. The molecule has 0 atom stereocenters. The van der Waals surface area contributed by atoms with Gasteiger partial charge in [-0.15, -0.1) is 0 Å². The molecule has 5 rings (SSSR count). The number of hydrogen-bond acceptors (Lipinski definition) is 2. The monoisotopic (exact) mass is 1020 g/mol. The molecule has 0 saturated heterocycles. The summed E-state index contributed by atoms with van der Waals surface area (Å²) in [6, 6.07) is 33.9. The quantitative estimate of drug-likeness (QED) is 0.155.